The summed E-state index contributed by atoms with van der Waals surface area (Å²) in [5.74, 6) is 0.849. The van der Waals surface area contributed by atoms with Gasteiger partial charge in [-0.2, -0.15) is 5.10 Å². The third kappa shape index (κ3) is 1.43. The Labute approximate surface area is 88.8 Å². The molecule has 2 rings (SSSR count). The highest BCUT2D eigenvalue weighted by atomic mass is 16.2. The minimum Gasteiger partial charge on any atom is -0.320 e. The second-order valence-electron chi connectivity index (χ2n) is 4.05. The molecule has 1 aliphatic rings. The fraction of sp³-hybridized carbons (Fsp3) is 0.600. The van der Waals surface area contributed by atoms with E-state index in [4.69, 9.17) is 5.73 Å². The first-order valence-corrected chi connectivity index (χ1v) is 5.09. The van der Waals surface area contributed by atoms with Crippen molar-refractivity contribution in [3.8, 4) is 0 Å². The van der Waals surface area contributed by atoms with Crippen molar-refractivity contribution in [1.29, 1.82) is 0 Å². The van der Waals surface area contributed by atoms with Crippen LogP contribution in [0.4, 0.5) is 5.82 Å². The van der Waals surface area contributed by atoms with Crippen molar-refractivity contribution >= 4 is 11.7 Å². The quantitative estimate of drug-likeness (QED) is 0.662. The number of carbonyl (C=O) groups is 1. The fourth-order valence-corrected chi connectivity index (χ4v) is 1.98. The van der Waals surface area contributed by atoms with Crippen molar-refractivity contribution in [2.75, 3.05) is 11.9 Å². The van der Waals surface area contributed by atoms with Crippen LogP contribution in [-0.2, 0) is 11.3 Å². The summed E-state index contributed by atoms with van der Waals surface area (Å²) in [6.45, 7) is 4.64. The van der Waals surface area contributed by atoms with E-state index in [1.807, 2.05) is 18.5 Å². The Morgan fingerprint density at radius 2 is 2.13 bits per heavy atom. The van der Waals surface area contributed by atoms with E-state index in [1.165, 1.54) is 0 Å². The first-order valence-electron chi connectivity index (χ1n) is 5.09. The standard InChI is InChI=1S/C10H16N4O/c1-6-7(2)12-14-5-4-8(11)10(15)13(3)9(6)14/h8H,4-5,11H2,1-3H3/t8-/m1/s1. The van der Waals surface area contributed by atoms with E-state index in [1.54, 1.807) is 11.9 Å². The van der Waals surface area contributed by atoms with E-state index in [-0.39, 0.29) is 5.91 Å². The van der Waals surface area contributed by atoms with Crippen LogP contribution in [-0.4, -0.2) is 28.8 Å². The molecule has 0 radical (unpaired) electrons. The normalized spacial score (nSPS) is 21.5. The number of nitrogens with two attached hydrogens (primary N) is 1. The van der Waals surface area contributed by atoms with Crippen LogP contribution in [0.1, 0.15) is 17.7 Å². The van der Waals surface area contributed by atoms with E-state index >= 15 is 0 Å². The minimum absolute atomic E-state index is 0.0308. The maximum atomic E-state index is 11.8. The van der Waals surface area contributed by atoms with Gasteiger partial charge in [0.1, 0.15) is 5.82 Å². The number of nitrogens with zero attached hydrogens (tertiary/aromatic N) is 3. The number of carbonyl (C=O) groups excluding carboxylic acids is 1. The van der Waals surface area contributed by atoms with Gasteiger partial charge in [-0.3, -0.25) is 9.69 Å². The highest BCUT2D eigenvalue weighted by Crippen LogP contribution is 2.25. The molecule has 1 aromatic heterocycles. The van der Waals surface area contributed by atoms with Gasteiger partial charge in [0.15, 0.2) is 0 Å². The number of fused-ring (bicyclic) bond motifs is 1. The predicted molar refractivity (Wildman–Crippen MR) is 57.7 cm³/mol. The zero-order valence-electron chi connectivity index (χ0n) is 9.32. The monoisotopic (exact) mass is 208 g/mol. The number of aryl methyl sites for hydroxylation is 2. The van der Waals surface area contributed by atoms with Gasteiger partial charge in [-0.25, -0.2) is 4.68 Å². The first-order chi connectivity index (χ1) is 7.02. The van der Waals surface area contributed by atoms with E-state index < -0.39 is 6.04 Å². The van der Waals surface area contributed by atoms with Crippen LogP contribution in [0.3, 0.4) is 0 Å². The van der Waals surface area contributed by atoms with Crippen LogP contribution in [0.15, 0.2) is 0 Å². The molecule has 0 bridgehead atoms. The second-order valence-corrected chi connectivity index (χ2v) is 4.05. The summed E-state index contributed by atoms with van der Waals surface area (Å²) in [5, 5.41) is 4.40. The number of hydrogen-bond acceptors (Lipinski definition) is 3. The van der Waals surface area contributed by atoms with Gasteiger partial charge in [0.2, 0.25) is 5.91 Å². The van der Waals surface area contributed by atoms with Crippen molar-refractivity contribution in [1.82, 2.24) is 9.78 Å². The summed E-state index contributed by atoms with van der Waals surface area (Å²) in [4.78, 5) is 13.4. The van der Waals surface area contributed by atoms with Crippen LogP contribution in [0.25, 0.3) is 0 Å². The lowest BCUT2D eigenvalue weighted by molar-refractivity contribution is -0.119. The smallest absolute Gasteiger partial charge is 0.244 e. The van der Waals surface area contributed by atoms with Gasteiger partial charge in [0.05, 0.1) is 11.7 Å². The molecular weight excluding hydrogens is 192 g/mol. The number of hydrogen-bond donors (Lipinski definition) is 1. The molecule has 0 aliphatic carbocycles. The molecule has 1 aliphatic heterocycles. The van der Waals surface area contributed by atoms with Crippen molar-refractivity contribution in [2.24, 2.45) is 5.73 Å². The maximum absolute atomic E-state index is 11.8. The minimum atomic E-state index is -0.406. The SMILES string of the molecule is Cc1nn2c(c1C)N(C)C(=O)[C@H](N)CC2. The van der Waals surface area contributed by atoms with E-state index in [0.717, 1.165) is 17.1 Å². The lowest BCUT2D eigenvalue weighted by atomic mass is 10.2. The molecule has 1 aromatic rings. The molecule has 0 unspecified atom stereocenters. The summed E-state index contributed by atoms with van der Waals surface area (Å²) in [7, 11) is 1.76. The second kappa shape index (κ2) is 3.34. The molecular formula is C10H16N4O. The van der Waals surface area contributed by atoms with Crippen LogP contribution < -0.4 is 10.6 Å². The molecule has 5 heteroatoms. The van der Waals surface area contributed by atoms with Gasteiger partial charge >= 0.3 is 0 Å². The molecule has 0 saturated heterocycles. The van der Waals surface area contributed by atoms with Gasteiger partial charge in [-0.1, -0.05) is 0 Å². The summed E-state index contributed by atoms with van der Waals surface area (Å²) >= 11 is 0. The van der Waals surface area contributed by atoms with Crippen molar-refractivity contribution < 1.29 is 4.79 Å². The number of likely N-dealkylation sites (N-methyl/N-ethyl adjacent to an activating group) is 1. The van der Waals surface area contributed by atoms with Gasteiger partial charge in [-0.05, 0) is 20.3 Å². The summed E-state index contributed by atoms with van der Waals surface area (Å²) < 4.78 is 1.87. The van der Waals surface area contributed by atoms with Crippen molar-refractivity contribution in [3.63, 3.8) is 0 Å². The average Bonchev–Trinajstić information content (AvgIpc) is 2.44. The highest BCUT2D eigenvalue weighted by Gasteiger charge is 2.28. The molecule has 2 N–H and O–H groups in total. The first kappa shape index (κ1) is 10.2. The Morgan fingerprint density at radius 3 is 2.80 bits per heavy atom. The molecule has 5 nitrogen and oxygen atoms in total. The van der Waals surface area contributed by atoms with Crippen LogP contribution >= 0.6 is 0 Å². The molecule has 0 saturated carbocycles. The average molecular weight is 208 g/mol. The molecule has 1 atom stereocenters. The third-order valence-electron chi connectivity index (χ3n) is 3.01. The predicted octanol–water partition coefficient (Wildman–Crippen LogP) is 0.194. The molecule has 15 heavy (non-hydrogen) atoms. The fourth-order valence-electron chi connectivity index (χ4n) is 1.98. The summed E-state index contributed by atoms with van der Waals surface area (Å²) in [5.41, 5.74) is 7.79. The number of rotatable bonds is 0. The molecule has 0 fully saturated rings. The van der Waals surface area contributed by atoms with E-state index in [0.29, 0.717) is 13.0 Å². The lowest BCUT2D eigenvalue weighted by Crippen LogP contribution is -2.40. The molecule has 1 amide bonds. The Hall–Kier alpha value is -1.36. The molecule has 0 spiro atoms. The van der Waals surface area contributed by atoms with Gasteiger partial charge in [0.25, 0.3) is 0 Å². The number of anilines is 1. The van der Waals surface area contributed by atoms with E-state index in [2.05, 4.69) is 5.10 Å². The van der Waals surface area contributed by atoms with Crippen molar-refractivity contribution in [3.05, 3.63) is 11.3 Å². The van der Waals surface area contributed by atoms with E-state index in [9.17, 15) is 4.79 Å². The molecule has 0 aromatic carbocycles. The summed E-state index contributed by atoms with van der Waals surface area (Å²) in [6.07, 6.45) is 0.650. The van der Waals surface area contributed by atoms with Gasteiger partial charge in [-0.15, -0.1) is 0 Å². The highest BCUT2D eigenvalue weighted by molar-refractivity contribution is 5.96. The van der Waals surface area contributed by atoms with Gasteiger partial charge < -0.3 is 5.73 Å². The largest absolute Gasteiger partial charge is 0.320 e. The van der Waals surface area contributed by atoms with Crippen LogP contribution in [0.2, 0.25) is 0 Å². The molecule has 2 heterocycles. The lowest BCUT2D eigenvalue weighted by Gasteiger charge is -2.17. The Balaban J connectivity index is 2.52. The maximum Gasteiger partial charge on any atom is 0.244 e. The Kier molecular flexibility index (Phi) is 2.26. The number of aromatic nitrogens is 2. The third-order valence-corrected chi connectivity index (χ3v) is 3.01. The summed E-state index contributed by atoms with van der Waals surface area (Å²) in [6, 6.07) is -0.406. The Bertz CT molecular complexity index is 410. The van der Waals surface area contributed by atoms with Gasteiger partial charge in [0, 0.05) is 19.2 Å². The molecule has 82 valence electrons. The topological polar surface area (TPSA) is 64.2 Å². The number of amides is 1. The Morgan fingerprint density at radius 1 is 1.47 bits per heavy atom. The van der Waals surface area contributed by atoms with Crippen LogP contribution in [0, 0.1) is 13.8 Å². The van der Waals surface area contributed by atoms with Crippen LogP contribution in [0.5, 0.6) is 0 Å². The van der Waals surface area contributed by atoms with Crippen molar-refractivity contribution in [2.45, 2.75) is 32.9 Å². The zero-order valence-corrected chi connectivity index (χ0v) is 9.32. The zero-order chi connectivity index (χ0) is 11.2.